The van der Waals surface area contributed by atoms with Crippen molar-refractivity contribution in [2.75, 3.05) is 6.54 Å². The van der Waals surface area contributed by atoms with Crippen LogP contribution in [0.5, 0.6) is 0 Å². The Morgan fingerprint density at radius 1 is 1.32 bits per heavy atom. The van der Waals surface area contributed by atoms with Gasteiger partial charge in [0.1, 0.15) is 6.33 Å². The third kappa shape index (κ3) is 4.14. The normalized spacial score (nSPS) is 12.6. The second kappa shape index (κ2) is 6.82. The molecule has 0 spiro atoms. The minimum Gasteiger partial charge on any atom is -0.310 e. The number of benzene rings is 1. The Kier molecular flexibility index (Phi) is 5.10. The van der Waals surface area contributed by atoms with Gasteiger partial charge in [0.05, 0.1) is 0 Å². The lowest BCUT2D eigenvalue weighted by Gasteiger charge is -2.17. The zero-order valence-corrected chi connectivity index (χ0v) is 12.9. The molecule has 5 heteroatoms. The summed E-state index contributed by atoms with van der Waals surface area (Å²) in [4.78, 5) is 4.23. The van der Waals surface area contributed by atoms with Crippen LogP contribution in [0, 0.1) is 0 Å². The predicted octanol–water partition coefficient (Wildman–Crippen LogP) is 2.86. The number of rotatable bonds is 6. The fraction of sp³-hybridized carbons (Fsp3) is 0.429. The first-order chi connectivity index (χ1) is 9.19. The third-order valence-electron chi connectivity index (χ3n) is 3.07. The summed E-state index contributed by atoms with van der Waals surface area (Å²) in [6, 6.07) is 8.87. The summed E-state index contributed by atoms with van der Waals surface area (Å²) >= 11 is 3.46. The van der Waals surface area contributed by atoms with Crippen molar-refractivity contribution in [3.05, 3.63) is 46.5 Å². The van der Waals surface area contributed by atoms with Crippen LogP contribution < -0.4 is 5.32 Å². The second-order valence-corrected chi connectivity index (χ2v) is 5.47. The lowest BCUT2D eigenvalue weighted by atomic mass is 10.0. The Labute approximate surface area is 122 Å². The van der Waals surface area contributed by atoms with E-state index in [4.69, 9.17) is 0 Å². The number of halogens is 1. The van der Waals surface area contributed by atoms with Crippen LogP contribution in [0.15, 0.2) is 35.1 Å². The van der Waals surface area contributed by atoms with Crippen molar-refractivity contribution < 1.29 is 0 Å². The first kappa shape index (κ1) is 14.2. The summed E-state index contributed by atoms with van der Waals surface area (Å²) in [7, 11) is 1.89. The summed E-state index contributed by atoms with van der Waals surface area (Å²) in [5, 5.41) is 7.84. The van der Waals surface area contributed by atoms with Gasteiger partial charge in [0.2, 0.25) is 0 Å². The van der Waals surface area contributed by atoms with Crippen LogP contribution in [0.1, 0.15) is 30.8 Å². The number of nitrogens with one attached hydrogen (secondary N) is 1. The molecule has 1 atom stereocenters. The highest BCUT2D eigenvalue weighted by Crippen LogP contribution is 2.19. The van der Waals surface area contributed by atoms with Crippen LogP contribution in [-0.4, -0.2) is 21.3 Å². The van der Waals surface area contributed by atoms with Gasteiger partial charge in [-0.15, -0.1) is 0 Å². The number of aromatic nitrogens is 3. The zero-order chi connectivity index (χ0) is 13.7. The van der Waals surface area contributed by atoms with Gasteiger partial charge in [-0.05, 0) is 24.1 Å². The molecule has 1 aromatic heterocycles. The van der Waals surface area contributed by atoms with E-state index in [1.165, 1.54) is 5.56 Å². The fourth-order valence-electron chi connectivity index (χ4n) is 2.05. The summed E-state index contributed by atoms with van der Waals surface area (Å²) in [5.41, 5.74) is 1.32. The van der Waals surface area contributed by atoms with Crippen molar-refractivity contribution >= 4 is 15.9 Å². The molecule has 19 heavy (non-hydrogen) atoms. The monoisotopic (exact) mass is 322 g/mol. The van der Waals surface area contributed by atoms with E-state index < -0.39 is 0 Å². The molecule has 0 aliphatic heterocycles. The Hall–Kier alpha value is -1.20. The van der Waals surface area contributed by atoms with Crippen LogP contribution in [0.2, 0.25) is 0 Å². The average molecular weight is 323 g/mol. The predicted molar refractivity (Wildman–Crippen MR) is 79.9 cm³/mol. The highest BCUT2D eigenvalue weighted by Gasteiger charge is 2.08. The van der Waals surface area contributed by atoms with Gasteiger partial charge in [0.15, 0.2) is 5.82 Å². The molecular weight excluding hydrogens is 304 g/mol. The number of aryl methyl sites for hydroxylation is 1. The van der Waals surface area contributed by atoms with Crippen molar-refractivity contribution in [2.45, 2.75) is 25.8 Å². The lowest BCUT2D eigenvalue weighted by Crippen LogP contribution is -2.23. The molecule has 0 saturated heterocycles. The van der Waals surface area contributed by atoms with E-state index in [1.807, 2.05) is 7.05 Å². The smallest absolute Gasteiger partial charge is 0.151 e. The lowest BCUT2D eigenvalue weighted by molar-refractivity contribution is 0.518. The summed E-state index contributed by atoms with van der Waals surface area (Å²) in [6.07, 6.45) is 3.66. The zero-order valence-electron chi connectivity index (χ0n) is 11.3. The molecule has 1 N–H and O–H groups in total. The molecule has 0 fully saturated rings. The summed E-state index contributed by atoms with van der Waals surface area (Å²) in [5.74, 6) is 0.889. The molecule has 1 unspecified atom stereocenters. The first-order valence-corrected chi connectivity index (χ1v) is 7.31. The Morgan fingerprint density at radius 3 is 2.63 bits per heavy atom. The van der Waals surface area contributed by atoms with E-state index >= 15 is 0 Å². The minimum atomic E-state index is 0.386. The third-order valence-corrected chi connectivity index (χ3v) is 3.60. The number of hydrogen-bond acceptors (Lipinski definition) is 3. The molecule has 1 aromatic carbocycles. The van der Waals surface area contributed by atoms with Gasteiger partial charge >= 0.3 is 0 Å². The van der Waals surface area contributed by atoms with Crippen LogP contribution in [0.25, 0.3) is 0 Å². The second-order valence-electron chi connectivity index (χ2n) is 4.55. The average Bonchev–Trinajstić information content (AvgIpc) is 2.82. The highest BCUT2D eigenvalue weighted by atomic mass is 79.9. The maximum absolute atomic E-state index is 4.28. The Morgan fingerprint density at radius 2 is 2.05 bits per heavy atom. The van der Waals surface area contributed by atoms with Crippen LogP contribution >= 0.6 is 15.9 Å². The standard InChI is InChI=1S/C14H19BrN4/c1-3-13(11-4-6-12(15)7-5-11)16-9-8-14-17-10-19(2)18-14/h4-7,10,13,16H,3,8-9H2,1-2H3. The van der Waals surface area contributed by atoms with Crippen molar-refractivity contribution in [2.24, 2.45) is 7.05 Å². The Bertz CT molecular complexity index is 506. The van der Waals surface area contributed by atoms with Gasteiger partial charge in [-0.2, -0.15) is 5.10 Å². The quantitative estimate of drug-likeness (QED) is 0.889. The summed E-state index contributed by atoms with van der Waals surface area (Å²) < 4.78 is 2.85. The van der Waals surface area contributed by atoms with Gasteiger partial charge in [-0.1, -0.05) is 35.0 Å². The molecule has 1 heterocycles. The number of hydrogen-bond donors (Lipinski definition) is 1. The molecule has 0 aliphatic carbocycles. The molecule has 0 aliphatic rings. The van der Waals surface area contributed by atoms with Crippen LogP contribution in [-0.2, 0) is 13.5 Å². The molecule has 4 nitrogen and oxygen atoms in total. The molecule has 2 rings (SSSR count). The summed E-state index contributed by atoms with van der Waals surface area (Å²) in [6.45, 7) is 3.08. The maximum atomic E-state index is 4.28. The van der Waals surface area contributed by atoms with Gasteiger partial charge in [-0.3, -0.25) is 4.68 Å². The number of nitrogens with zero attached hydrogens (tertiary/aromatic N) is 3. The van der Waals surface area contributed by atoms with E-state index in [1.54, 1.807) is 11.0 Å². The first-order valence-electron chi connectivity index (χ1n) is 6.52. The largest absolute Gasteiger partial charge is 0.310 e. The van der Waals surface area contributed by atoms with E-state index in [2.05, 4.69) is 62.5 Å². The van der Waals surface area contributed by atoms with Gasteiger partial charge in [0.25, 0.3) is 0 Å². The van der Waals surface area contributed by atoms with Crippen molar-refractivity contribution in [1.82, 2.24) is 20.1 Å². The fourth-order valence-corrected chi connectivity index (χ4v) is 2.31. The van der Waals surface area contributed by atoms with Crippen molar-refractivity contribution in [1.29, 1.82) is 0 Å². The van der Waals surface area contributed by atoms with E-state index in [-0.39, 0.29) is 0 Å². The topological polar surface area (TPSA) is 42.7 Å². The van der Waals surface area contributed by atoms with Crippen molar-refractivity contribution in [3.63, 3.8) is 0 Å². The van der Waals surface area contributed by atoms with E-state index in [0.29, 0.717) is 6.04 Å². The molecule has 0 bridgehead atoms. The maximum Gasteiger partial charge on any atom is 0.151 e. The molecular formula is C14H19BrN4. The van der Waals surface area contributed by atoms with Crippen LogP contribution in [0.3, 0.4) is 0 Å². The van der Waals surface area contributed by atoms with Crippen LogP contribution in [0.4, 0.5) is 0 Å². The van der Waals surface area contributed by atoms with Crippen molar-refractivity contribution in [3.8, 4) is 0 Å². The van der Waals surface area contributed by atoms with E-state index in [9.17, 15) is 0 Å². The van der Waals surface area contributed by atoms with Gasteiger partial charge in [-0.25, -0.2) is 4.98 Å². The van der Waals surface area contributed by atoms with Gasteiger partial charge < -0.3 is 5.32 Å². The molecule has 0 radical (unpaired) electrons. The molecule has 0 amide bonds. The SMILES string of the molecule is CCC(NCCc1ncn(C)n1)c1ccc(Br)cc1. The molecule has 2 aromatic rings. The molecule has 102 valence electrons. The van der Waals surface area contributed by atoms with E-state index in [0.717, 1.165) is 29.7 Å². The highest BCUT2D eigenvalue weighted by molar-refractivity contribution is 9.10. The molecule has 0 saturated carbocycles. The Balaban J connectivity index is 1.87. The minimum absolute atomic E-state index is 0.386. The van der Waals surface area contributed by atoms with Gasteiger partial charge in [0, 0.05) is 30.5 Å².